The second kappa shape index (κ2) is 11.9. The van der Waals surface area contributed by atoms with E-state index in [1.165, 1.54) is 0 Å². The fourth-order valence-corrected chi connectivity index (χ4v) is 4.46. The van der Waals surface area contributed by atoms with Crippen molar-refractivity contribution >= 4 is 40.5 Å². The first kappa shape index (κ1) is 27.7. The largest absolute Gasteiger partial charge is 0.480 e. The first-order chi connectivity index (χ1) is 17.5. The van der Waals surface area contributed by atoms with Gasteiger partial charge in [0.05, 0.1) is 12.5 Å². The van der Waals surface area contributed by atoms with Gasteiger partial charge in [0.15, 0.2) is 0 Å². The van der Waals surface area contributed by atoms with E-state index >= 15 is 0 Å². The fourth-order valence-electron chi connectivity index (χ4n) is 4.46. The van der Waals surface area contributed by atoms with Crippen LogP contribution in [0.2, 0.25) is 0 Å². The predicted molar refractivity (Wildman–Crippen MR) is 135 cm³/mol. The van der Waals surface area contributed by atoms with Gasteiger partial charge in [-0.05, 0) is 30.4 Å². The first-order valence-corrected chi connectivity index (χ1v) is 12.2. The first-order valence-electron chi connectivity index (χ1n) is 12.2. The predicted octanol–water partition coefficient (Wildman–Crippen LogP) is -0.386. The highest BCUT2D eigenvalue weighted by atomic mass is 16.4. The number of nitrogens with one attached hydrogen (secondary N) is 3. The van der Waals surface area contributed by atoms with Crippen molar-refractivity contribution in [3.63, 3.8) is 0 Å². The number of benzene rings is 1. The van der Waals surface area contributed by atoms with Gasteiger partial charge in [0.1, 0.15) is 18.1 Å². The Bertz CT molecular complexity index is 1180. The highest BCUT2D eigenvalue weighted by Gasteiger charge is 2.39. The summed E-state index contributed by atoms with van der Waals surface area (Å²) in [6, 6.07) is 3.01. The van der Waals surface area contributed by atoms with E-state index in [4.69, 9.17) is 11.5 Å². The highest BCUT2D eigenvalue weighted by Crippen LogP contribution is 2.21. The van der Waals surface area contributed by atoms with Crippen LogP contribution in [0.25, 0.3) is 10.9 Å². The van der Waals surface area contributed by atoms with Gasteiger partial charge in [0.2, 0.25) is 23.6 Å². The van der Waals surface area contributed by atoms with Crippen LogP contribution in [0.5, 0.6) is 0 Å². The molecule has 0 spiro atoms. The molecule has 37 heavy (non-hydrogen) atoms. The summed E-state index contributed by atoms with van der Waals surface area (Å²) in [5.41, 5.74) is 12.9. The minimum atomic E-state index is -1.38. The molecule has 3 rings (SSSR count). The van der Waals surface area contributed by atoms with Gasteiger partial charge in [0, 0.05) is 30.1 Å². The van der Waals surface area contributed by atoms with Crippen LogP contribution in [-0.4, -0.2) is 75.3 Å². The summed E-state index contributed by atoms with van der Waals surface area (Å²) >= 11 is 0. The molecule has 1 aromatic carbocycles. The maximum atomic E-state index is 13.4. The van der Waals surface area contributed by atoms with E-state index in [2.05, 4.69) is 15.6 Å². The molecule has 12 heteroatoms. The van der Waals surface area contributed by atoms with Gasteiger partial charge in [-0.3, -0.25) is 19.2 Å². The minimum absolute atomic E-state index is 0.0748. The minimum Gasteiger partial charge on any atom is -0.480 e. The summed E-state index contributed by atoms with van der Waals surface area (Å²) in [7, 11) is 0. The van der Waals surface area contributed by atoms with Gasteiger partial charge in [0.25, 0.3) is 0 Å². The number of hydrogen-bond acceptors (Lipinski definition) is 6. The Kier molecular flexibility index (Phi) is 8.87. The summed E-state index contributed by atoms with van der Waals surface area (Å²) < 4.78 is 0. The standard InChI is InChI=1S/C25H34N6O6/c1-13(2)21(27)23(34)29-17(10-14-12-28-16-7-4-3-6-15(14)16)22(33)30-18(11-20(26)32)24(35)31-9-5-8-19(31)25(36)37/h3-4,6-7,12-13,17-19,21,28H,5,8-11,27H2,1-2H3,(H2,26,32)(H,29,34)(H,30,33)(H,36,37). The molecule has 0 aliphatic carbocycles. The smallest absolute Gasteiger partial charge is 0.326 e. The second-order valence-electron chi connectivity index (χ2n) is 9.65. The zero-order chi connectivity index (χ0) is 27.3. The molecule has 0 bridgehead atoms. The monoisotopic (exact) mass is 514 g/mol. The average molecular weight is 515 g/mol. The van der Waals surface area contributed by atoms with Crippen LogP contribution in [0, 0.1) is 5.92 Å². The maximum absolute atomic E-state index is 13.4. The maximum Gasteiger partial charge on any atom is 0.326 e. The van der Waals surface area contributed by atoms with Gasteiger partial charge in [-0.25, -0.2) is 4.79 Å². The van der Waals surface area contributed by atoms with Crippen molar-refractivity contribution in [1.82, 2.24) is 20.5 Å². The van der Waals surface area contributed by atoms with Gasteiger partial charge >= 0.3 is 5.97 Å². The van der Waals surface area contributed by atoms with E-state index < -0.39 is 60.2 Å². The Morgan fingerprint density at radius 1 is 1.11 bits per heavy atom. The van der Waals surface area contributed by atoms with Crippen LogP contribution >= 0.6 is 0 Å². The van der Waals surface area contributed by atoms with Gasteiger partial charge in [-0.2, -0.15) is 0 Å². The van der Waals surface area contributed by atoms with Crippen LogP contribution < -0.4 is 22.1 Å². The Morgan fingerprint density at radius 3 is 2.43 bits per heavy atom. The highest BCUT2D eigenvalue weighted by molar-refractivity contribution is 5.96. The number of carbonyl (C=O) groups excluding carboxylic acids is 4. The lowest BCUT2D eigenvalue weighted by Crippen LogP contribution is -2.58. The Balaban J connectivity index is 1.86. The number of nitrogens with zero attached hydrogens (tertiary/aromatic N) is 1. The van der Waals surface area contributed by atoms with Gasteiger partial charge in [-0.15, -0.1) is 0 Å². The molecule has 0 saturated carbocycles. The quantitative estimate of drug-likeness (QED) is 0.234. The van der Waals surface area contributed by atoms with Gasteiger partial charge in [-0.1, -0.05) is 32.0 Å². The molecule has 200 valence electrons. The lowest BCUT2D eigenvalue weighted by atomic mass is 10.0. The zero-order valence-electron chi connectivity index (χ0n) is 20.9. The number of amides is 4. The fraction of sp³-hybridized carbons (Fsp3) is 0.480. The van der Waals surface area contributed by atoms with Crippen LogP contribution in [0.3, 0.4) is 0 Å². The van der Waals surface area contributed by atoms with Crippen LogP contribution in [0.1, 0.15) is 38.7 Å². The number of aromatic amines is 1. The van der Waals surface area contributed by atoms with E-state index in [1.54, 1.807) is 20.0 Å². The average Bonchev–Trinajstić information content (AvgIpc) is 3.49. The summed E-state index contributed by atoms with van der Waals surface area (Å²) in [6.45, 7) is 3.73. The van der Waals surface area contributed by atoms with Crippen molar-refractivity contribution in [2.24, 2.45) is 17.4 Å². The summed E-state index contributed by atoms with van der Waals surface area (Å²) in [5, 5.41) is 15.5. The number of likely N-dealkylation sites (tertiary alicyclic amines) is 1. The lowest BCUT2D eigenvalue weighted by molar-refractivity contribution is -0.149. The molecule has 4 atom stereocenters. The van der Waals surface area contributed by atoms with Crippen LogP contribution in [-0.2, 0) is 30.4 Å². The summed E-state index contributed by atoms with van der Waals surface area (Å²) in [5.74, 6) is -4.18. The zero-order valence-corrected chi connectivity index (χ0v) is 20.9. The molecular weight excluding hydrogens is 480 g/mol. The topological polar surface area (TPSA) is 201 Å². The number of aliphatic carboxylic acids is 1. The molecular formula is C25H34N6O6. The van der Waals surface area contributed by atoms with Crippen molar-refractivity contribution < 1.29 is 29.1 Å². The number of carboxylic acid groups (broad SMARTS) is 1. The molecule has 0 radical (unpaired) electrons. The third-order valence-electron chi connectivity index (χ3n) is 6.59. The van der Waals surface area contributed by atoms with Crippen molar-refractivity contribution in [3.8, 4) is 0 Å². The third kappa shape index (κ3) is 6.64. The van der Waals surface area contributed by atoms with Crippen molar-refractivity contribution in [2.75, 3.05) is 6.54 Å². The number of carbonyl (C=O) groups is 5. The summed E-state index contributed by atoms with van der Waals surface area (Å²) in [4.78, 5) is 67.0. The van der Waals surface area contributed by atoms with E-state index in [-0.39, 0.29) is 25.3 Å². The second-order valence-corrected chi connectivity index (χ2v) is 9.65. The van der Waals surface area contributed by atoms with E-state index in [0.29, 0.717) is 6.42 Å². The number of aromatic nitrogens is 1. The van der Waals surface area contributed by atoms with Crippen LogP contribution in [0.4, 0.5) is 0 Å². The molecule has 12 nitrogen and oxygen atoms in total. The molecule has 1 aliphatic heterocycles. The lowest BCUT2D eigenvalue weighted by Gasteiger charge is -2.28. The Labute approximate surface area is 214 Å². The van der Waals surface area contributed by atoms with E-state index in [0.717, 1.165) is 21.4 Å². The van der Waals surface area contributed by atoms with E-state index in [1.807, 2.05) is 24.3 Å². The Morgan fingerprint density at radius 2 is 1.78 bits per heavy atom. The number of rotatable bonds is 11. The van der Waals surface area contributed by atoms with E-state index in [9.17, 15) is 29.1 Å². The molecule has 1 fully saturated rings. The molecule has 2 aromatic rings. The molecule has 2 heterocycles. The number of carboxylic acids is 1. The normalized spacial score (nSPS) is 17.8. The van der Waals surface area contributed by atoms with Gasteiger partial charge < -0.3 is 37.1 Å². The molecule has 1 aromatic heterocycles. The third-order valence-corrected chi connectivity index (χ3v) is 6.59. The number of H-pyrrole nitrogens is 1. The number of nitrogens with two attached hydrogens (primary N) is 2. The molecule has 4 amide bonds. The number of fused-ring (bicyclic) bond motifs is 1. The van der Waals surface area contributed by atoms with Crippen molar-refractivity contribution in [3.05, 3.63) is 36.0 Å². The number of para-hydroxylation sites is 1. The molecule has 8 N–H and O–H groups in total. The Hall–Kier alpha value is -3.93. The summed E-state index contributed by atoms with van der Waals surface area (Å²) in [6.07, 6.45) is 2.03. The SMILES string of the molecule is CC(C)C(N)C(=O)NC(Cc1c[nH]c2ccccc12)C(=O)NC(CC(N)=O)C(=O)N1CCCC1C(=O)O. The van der Waals surface area contributed by atoms with Crippen LogP contribution in [0.15, 0.2) is 30.5 Å². The van der Waals surface area contributed by atoms with Crippen molar-refractivity contribution in [1.29, 1.82) is 0 Å². The number of primary amides is 1. The number of hydrogen-bond donors (Lipinski definition) is 6. The molecule has 4 unspecified atom stereocenters. The molecule has 1 saturated heterocycles. The van der Waals surface area contributed by atoms with Crippen molar-refractivity contribution in [2.45, 2.75) is 63.7 Å². The molecule has 1 aliphatic rings.